The first kappa shape index (κ1) is 13.7. The van der Waals surface area contributed by atoms with Gasteiger partial charge in [0.05, 0.1) is 0 Å². The Morgan fingerprint density at radius 3 is 2.60 bits per heavy atom. The molecule has 104 valence electrons. The number of amidine groups is 1. The molecule has 0 unspecified atom stereocenters. The molecular formula is C15H17N3O2. The topological polar surface area (TPSA) is 79.9 Å². The SMILES string of the molecule is NC(CCNc1cccc(Oc2ccccc2)c1)=NO. The van der Waals surface area contributed by atoms with E-state index in [2.05, 4.69) is 10.5 Å². The molecule has 0 bridgehead atoms. The number of rotatable bonds is 6. The van der Waals surface area contributed by atoms with Crippen LogP contribution in [-0.2, 0) is 0 Å². The van der Waals surface area contributed by atoms with Crippen molar-refractivity contribution in [2.75, 3.05) is 11.9 Å². The summed E-state index contributed by atoms with van der Waals surface area (Å²) in [4.78, 5) is 0. The lowest BCUT2D eigenvalue weighted by Gasteiger charge is -2.09. The zero-order valence-corrected chi connectivity index (χ0v) is 11.0. The fraction of sp³-hybridized carbons (Fsp3) is 0.133. The van der Waals surface area contributed by atoms with Gasteiger partial charge in [0.2, 0.25) is 0 Å². The van der Waals surface area contributed by atoms with Gasteiger partial charge in [0.25, 0.3) is 0 Å². The summed E-state index contributed by atoms with van der Waals surface area (Å²) < 4.78 is 5.74. The van der Waals surface area contributed by atoms with Crippen LogP contribution >= 0.6 is 0 Å². The van der Waals surface area contributed by atoms with Gasteiger partial charge in [0.1, 0.15) is 17.3 Å². The Bertz CT molecular complexity index is 570. The van der Waals surface area contributed by atoms with Crippen LogP contribution in [0.15, 0.2) is 59.8 Å². The van der Waals surface area contributed by atoms with Gasteiger partial charge in [-0.25, -0.2) is 0 Å². The molecule has 2 aromatic rings. The summed E-state index contributed by atoms with van der Waals surface area (Å²) in [6.07, 6.45) is 0.472. The normalized spacial score (nSPS) is 11.1. The number of nitrogens with one attached hydrogen (secondary N) is 1. The molecule has 0 spiro atoms. The van der Waals surface area contributed by atoms with Gasteiger partial charge in [-0.15, -0.1) is 0 Å². The minimum atomic E-state index is 0.203. The molecular weight excluding hydrogens is 254 g/mol. The number of hydrogen-bond donors (Lipinski definition) is 3. The average molecular weight is 271 g/mol. The monoisotopic (exact) mass is 271 g/mol. The number of anilines is 1. The molecule has 0 aromatic heterocycles. The molecule has 0 atom stereocenters. The van der Waals surface area contributed by atoms with Gasteiger partial charge in [-0.2, -0.15) is 0 Å². The third-order valence-corrected chi connectivity index (χ3v) is 2.65. The summed E-state index contributed by atoms with van der Waals surface area (Å²) in [5, 5.41) is 14.6. The molecule has 0 aliphatic carbocycles. The molecule has 0 saturated heterocycles. The maximum atomic E-state index is 8.46. The average Bonchev–Trinajstić information content (AvgIpc) is 2.48. The van der Waals surface area contributed by atoms with Crippen LogP contribution < -0.4 is 15.8 Å². The molecule has 0 aliphatic heterocycles. The van der Waals surface area contributed by atoms with Crippen molar-refractivity contribution >= 4 is 11.5 Å². The lowest BCUT2D eigenvalue weighted by Crippen LogP contribution is -2.16. The predicted molar refractivity (Wildman–Crippen MR) is 79.5 cm³/mol. The Morgan fingerprint density at radius 1 is 1.10 bits per heavy atom. The first-order valence-corrected chi connectivity index (χ1v) is 6.31. The van der Waals surface area contributed by atoms with E-state index in [1.165, 1.54) is 0 Å². The summed E-state index contributed by atoms with van der Waals surface area (Å²) in [7, 11) is 0. The summed E-state index contributed by atoms with van der Waals surface area (Å²) in [5.74, 6) is 1.75. The summed E-state index contributed by atoms with van der Waals surface area (Å²) >= 11 is 0. The number of para-hydroxylation sites is 1. The number of nitrogens with two attached hydrogens (primary N) is 1. The minimum absolute atomic E-state index is 0.203. The molecule has 4 N–H and O–H groups in total. The van der Waals surface area contributed by atoms with Crippen molar-refractivity contribution < 1.29 is 9.94 Å². The molecule has 20 heavy (non-hydrogen) atoms. The van der Waals surface area contributed by atoms with Gasteiger partial charge in [-0.1, -0.05) is 29.4 Å². The number of benzene rings is 2. The molecule has 2 aromatic carbocycles. The van der Waals surface area contributed by atoms with Crippen LogP contribution in [0, 0.1) is 0 Å². The van der Waals surface area contributed by atoms with Crippen LogP contribution in [-0.4, -0.2) is 17.6 Å². The molecule has 2 rings (SSSR count). The molecule has 5 nitrogen and oxygen atoms in total. The highest BCUT2D eigenvalue weighted by atomic mass is 16.5. The molecule has 5 heteroatoms. The van der Waals surface area contributed by atoms with Crippen LogP contribution in [0.1, 0.15) is 6.42 Å². The summed E-state index contributed by atoms with van der Waals surface area (Å²) in [5.41, 5.74) is 6.33. The van der Waals surface area contributed by atoms with Crippen molar-refractivity contribution in [3.63, 3.8) is 0 Å². The fourth-order valence-electron chi connectivity index (χ4n) is 1.68. The van der Waals surface area contributed by atoms with E-state index in [4.69, 9.17) is 15.7 Å². The van der Waals surface area contributed by atoms with Gasteiger partial charge in [0.15, 0.2) is 0 Å². The Balaban J connectivity index is 1.94. The summed E-state index contributed by atoms with van der Waals surface area (Å²) in [6.45, 7) is 0.588. The van der Waals surface area contributed by atoms with E-state index in [1.807, 2.05) is 54.6 Å². The smallest absolute Gasteiger partial charge is 0.140 e. The largest absolute Gasteiger partial charge is 0.457 e. The number of nitrogens with zero attached hydrogens (tertiary/aromatic N) is 1. The highest BCUT2D eigenvalue weighted by molar-refractivity contribution is 5.80. The lowest BCUT2D eigenvalue weighted by molar-refractivity contribution is 0.317. The van der Waals surface area contributed by atoms with E-state index in [0.29, 0.717) is 13.0 Å². The Morgan fingerprint density at radius 2 is 1.85 bits per heavy atom. The number of hydrogen-bond acceptors (Lipinski definition) is 4. The van der Waals surface area contributed by atoms with Crippen LogP contribution in [0.3, 0.4) is 0 Å². The maximum Gasteiger partial charge on any atom is 0.140 e. The van der Waals surface area contributed by atoms with Gasteiger partial charge in [-0.05, 0) is 24.3 Å². The van der Waals surface area contributed by atoms with E-state index in [1.54, 1.807) is 0 Å². The zero-order valence-electron chi connectivity index (χ0n) is 11.0. The van der Waals surface area contributed by atoms with Crippen molar-refractivity contribution in [1.29, 1.82) is 0 Å². The highest BCUT2D eigenvalue weighted by Gasteiger charge is 1.99. The standard InChI is InChI=1S/C15H17N3O2/c16-15(18-19)9-10-17-12-5-4-8-14(11-12)20-13-6-2-1-3-7-13/h1-8,11,17,19H,9-10H2,(H2,16,18). The molecule has 0 heterocycles. The second-order valence-corrected chi connectivity index (χ2v) is 4.21. The van der Waals surface area contributed by atoms with Gasteiger partial charge < -0.3 is 21.0 Å². The number of oxime groups is 1. The fourth-order valence-corrected chi connectivity index (χ4v) is 1.68. The molecule has 0 saturated carbocycles. The maximum absolute atomic E-state index is 8.46. The van der Waals surface area contributed by atoms with Gasteiger partial charge >= 0.3 is 0 Å². The van der Waals surface area contributed by atoms with Gasteiger partial charge in [-0.3, -0.25) is 0 Å². The van der Waals surface area contributed by atoms with Crippen molar-refractivity contribution in [3.05, 3.63) is 54.6 Å². The lowest BCUT2D eigenvalue weighted by atomic mass is 10.3. The van der Waals surface area contributed by atoms with Crippen molar-refractivity contribution in [3.8, 4) is 11.5 Å². The van der Waals surface area contributed by atoms with Crippen LogP contribution in [0.25, 0.3) is 0 Å². The van der Waals surface area contributed by atoms with Crippen molar-refractivity contribution in [1.82, 2.24) is 0 Å². The third kappa shape index (κ3) is 4.20. The van der Waals surface area contributed by atoms with E-state index in [0.717, 1.165) is 17.2 Å². The molecule has 0 fully saturated rings. The summed E-state index contributed by atoms with van der Waals surface area (Å²) in [6, 6.07) is 17.2. The van der Waals surface area contributed by atoms with Crippen LogP contribution in [0.2, 0.25) is 0 Å². The van der Waals surface area contributed by atoms with Crippen molar-refractivity contribution in [2.24, 2.45) is 10.9 Å². The van der Waals surface area contributed by atoms with E-state index in [-0.39, 0.29) is 5.84 Å². The molecule has 0 amide bonds. The zero-order chi connectivity index (χ0) is 14.2. The first-order chi connectivity index (χ1) is 9.78. The molecule has 0 aliphatic rings. The van der Waals surface area contributed by atoms with E-state index < -0.39 is 0 Å². The molecule has 0 radical (unpaired) electrons. The van der Waals surface area contributed by atoms with E-state index >= 15 is 0 Å². The predicted octanol–water partition coefficient (Wildman–Crippen LogP) is 3.03. The first-order valence-electron chi connectivity index (χ1n) is 6.31. The van der Waals surface area contributed by atoms with Crippen LogP contribution in [0.5, 0.6) is 11.5 Å². The Hall–Kier alpha value is -2.69. The van der Waals surface area contributed by atoms with Crippen molar-refractivity contribution in [2.45, 2.75) is 6.42 Å². The van der Waals surface area contributed by atoms with Gasteiger partial charge in [0, 0.05) is 24.7 Å². The van der Waals surface area contributed by atoms with E-state index in [9.17, 15) is 0 Å². The minimum Gasteiger partial charge on any atom is -0.457 e. The third-order valence-electron chi connectivity index (χ3n) is 2.65. The Labute approximate surface area is 117 Å². The quantitative estimate of drug-likeness (QED) is 0.326. The Kier molecular flexibility index (Phi) is 4.83. The van der Waals surface area contributed by atoms with Crippen LogP contribution in [0.4, 0.5) is 5.69 Å². The second-order valence-electron chi connectivity index (χ2n) is 4.21. The highest BCUT2D eigenvalue weighted by Crippen LogP contribution is 2.23. The number of ether oxygens (including phenoxy) is 1. The second kappa shape index (κ2) is 7.04.